The lowest BCUT2D eigenvalue weighted by atomic mass is 10.2. The molecule has 2 amide bonds. The van der Waals surface area contributed by atoms with Crippen LogP contribution in [0.25, 0.3) is 0 Å². The number of nitrogens with one attached hydrogen (secondary N) is 4. The van der Waals surface area contributed by atoms with E-state index in [0.29, 0.717) is 6.54 Å². The number of nitrogens with zero attached hydrogens (tertiary/aromatic N) is 1. The second-order valence-electron chi connectivity index (χ2n) is 8.66. The van der Waals surface area contributed by atoms with Crippen LogP contribution in [0.5, 0.6) is 0 Å². The average Bonchev–Trinajstić information content (AvgIpc) is 2.74. The second-order valence-corrected chi connectivity index (χ2v) is 8.66. The van der Waals surface area contributed by atoms with E-state index in [1.165, 1.54) is 9.80 Å². The largest absolute Gasteiger partial charge is 0.378 e. The average molecular weight is 420 g/mol. The first-order valence-corrected chi connectivity index (χ1v) is 11.1. The topological polar surface area (TPSA) is 79.5 Å². The molecule has 8 nitrogen and oxygen atoms in total. The van der Waals surface area contributed by atoms with Crippen LogP contribution in [0, 0.1) is 0 Å². The van der Waals surface area contributed by atoms with Crippen LogP contribution in [0.4, 0.5) is 11.4 Å². The number of piperazine rings is 1. The Morgan fingerprint density at radius 1 is 1.03 bits per heavy atom. The normalized spacial score (nSPS) is 23.1. The van der Waals surface area contributed by atoms with Gasteiger partial charge in [-0.05, 0) is 45.0 Å². The van der Waals surface area contributed by atoms with Gasteiger partial charge in [0.05, 0.1) is 13.2 Å². The fourth-order valence-corrected chi connectivity index (χ4v) is 4.15. The molecule has 1 aromatic carbocycles. The summed E-state index contributed by atoms with van der Waals surface area (Å²) in [5.41, 5.74) is 1.99. The van der Waals surface area contributed by atoms with Gasteiger partial charge >= 0.3 is 0 Å². The minimum absolute atomic E-state index is 0.0464. The molecule has 1 aromatic rings. The number of morpholine rings is 1. The molecule has 2 aliphatic heterocycles. The van der Waals surface area contributed by atoms with E-state index in [4.69, 9.17) is 4.74 Å². The zero-order valence-electron chi connectivity index (χ0n) is 18.5. The van der Waals surface area contributed by atoms with Crippen molar-refractivity contribution < 1.29 is 24.1 Å². The van der Waals surface area contributed by atoms with Gasteiger partial charge in [0.1, 0.15) is 26.2 Å². The van der Waals surface area contributed by atoms with Crippen LogP contribution in [0.15, 0.2) is 24.3 Å². The first kappa shape index (κ1) is 22.5. The van der Waals surface area contributed by atoms with E-state index in [1.54, 1.807) is 0 Å². The molecule has 0 aromatic heterocycles. The van der Waals surface area contributed by atoms with Gasteiger partial charge in [0.2, 0.25) is 0 Å². The van der Waals surface area contributed by atoms with Crippen molar-refractivity contribution in [3.63, 3.8) is 0 Å². The van der Waals surface area contributed by atoms with Crippen LogP contribution >= 0.6 is 0 Å². The summed E-state index contributed by atoms with van der Waals surface area (Å²) < 4.78 is 5.40. The van der Waals surface area contributed by atoms with Gasteiger partial charge in [0.15, 0.2) is 12.6 Å². The number of carbonyl (C=O) groups excluding carboxylic acids is 2. The molecule has 2 fully saturated rings. The zero-order chi connectivity index (χ0) is 21.5. The Morgan fingerprint density at radius 2 is 1.67 bits per heavy atom. The molecular formula is C22H37N5O3+2. The predicted octanol–water partition coefficient (Wildman–Crippen LogP) is -1.84. The number of hydrogen-bond donors (Lipinski definition) is 4. The van der Waals surface area contributed by atoms with Crippen molar-refractivity contribution in [1.29, 1.82) is 0 Å². The molecule has 0 spiro atoms. The van der Waals surface area contributed by atoms with Crippen LogP contribution in [0.1, 0.15) is 20.8 Å². The standard InChI is InChI=1S/C22H35N5O3/c1-17(2)23-21(28)16-25-8-10-26(11-9-25)18(3)22(29)24-19-4-6-20(7-5-19)27-12-14-30-15-13-27/h4-7,17-18H,8-16H2,1-3H3,(H,23,28)(H,24,29)/p+2/t18-/m1/s1. The summed E-state index contributed by atoms with van der Waals surface area (Å²) in [7, 11) is 0. The molecule has 4 N–H and O–H groups in total. The van der Waals surface area contributed by atoms with E-state index in [0.717, 1.165) is 63.9 Å². The molecule has 166 valence electrons. The summed E-state index contributed by atoms with van der Waals surface area (Å²) in [5, 5.41) is 6.01. The maximum absolute atomic E-state index is 12.7. The highest BCUT2D eigenvalue weighted by atomic mass is 16.5. The van der Waals surface area contributed by atoms with Gasteiger partial charge in [-0.3, -0.25) is 9.59 Å². The van der Waals surface area contributed by atoms with E-state index in [1.807, 2.05) is 32.9 Å². The number of carbonyl (C=O) groups is 2. The summed E-state index contributed by atoms with van der Waals surface area (Å²) in [6.07, 6.45) is 0. The van der Waals surface area contributed by atoms with Gasteiger partial charge in [0, 0.05) is 30.5 Å². The molecule has 3 rings (SSSR count). The first-order valence-electron chi connectivity index (χ1n) is 11.1. The second kappa shape index (κ2) is 10.7. The van der Waals surface area contributed by atoms with Crippen molar-refractivity contribution in [1.82, 2.24) is 5.32 Å². The number of rotatable bonds is 7. The number of amides is 2. The van der Waals surface area contributed by atoms with Crippen LogP contribution < -0.4 is 25.3 Å². The third kappa shape index (κ3) is 6.42. The van der Waals surface area contributed by atoms with E-state index in [-0.39, 0.29) is 23.9 Å². The zero-order valence-corrected chi connectivity index (χ0v) is 18.5. The SMILES string of the molecule is CC(C)NC(=O)C[NH+]1CC[NH+]([C@H](C)C(=O)Nc2ccc(N3CCOCC3)cc2)CC1. The molecule has 0 aliphatic carbocycles. The summed E-state index contributed by atoms with van der Waals surface area (Å²) in [6, 6.07) is 8.12. The highest BCUT2D eigenvalue weighted by Gasteiger charge is 2.31. The van der Waals surface area contributed by atoms with Gasteiger partial charge in [-0.15, -0.1) is 0 Å². The molecule has 30 heavy (non-hydrogen) atoms. The maximum atomic E-state index is 12.7. The van der Waals surface area contributed by atoms with E-state index < -0.39 is 0 Å². The summed E-state index contributed by atoms with van der Waals surface area (Å²) in [6.45, 7) is 13.4. The Kier molecular flexibility index (Phi) is 8.07. The molecule has 2 saturated heterocycles. The van der Waals surface area contributed by atoms with Gasteiger partial charge in [-0.25, -0.2) is 0 Å². The van der Waals surface area contributed by atoms with Crippen LogP contribution in [0.3, 0.4) is 0 Å². The quantitative estimate of drug-likeness (QED) is 0.419. The van der Waals surface area contributed by atoms with Gasteiger partial charge in [-0.2, -0.15) is 0 Å². The van der Waals surface area contributed by atoms with Crippen molar-refractivity contribution in [2.24, 2.45) is 0 Å². The molecule has 0 saturated carbocycles. The highest BCUT2D eigenvalue weighted by molar-refractivity contribution is 5.93. The lowest BCUT2D eigenvalue weighted by Crippen LogP contribution is -3.30. The van der Waals surface area contributed by atoms with E-state index >= 15 is 0 Å². The first-order chi connectivity index (χ1) is 14.4. The van der Waals surface area contributed by atoms with Crippen molar-refractivity contribution in [3.8, 4) is 0 Å². The molecule has 0 radical (unpaired) electrons. The molecule has 2 heterocycles. The molecular weight excluding hydrogens is 382 g/mol. The molecule has 0 unspecified atom stereocenters. The number of quaternary nitrogens is 2. The Balaban J connectivity index is 1.44. The molecule has 2 aliphatic rings. The van der Waals surface area contributed by atoms with Crippen LogP contribution in [0.2, 0.25) is 0 Å². The number of hydrogen-bond acceptors (Lipinski definition) is 4. The lowest BCUT2D eigenvalue weighted by molar-refractivity contribution is -1.01. The van der Waals surface area contributed by atoms with Gasteiger partial charge < -0.3 is 30.1 Å². The lowest BCUT2D eigenvalue weighted by Gasteiger charge is -2.32. The number of benzene rings is 1. The Hall–Kier alpha value is -2.16. The van der Waals surface area contributed by atoms with Crippen molar-refractivity contribution in [2.45, 2.75) is 32.9 Å². The fourth-order valence-electron chi connectivity index (χ4n) is 4.15. The minimum Gasteiger partial charge on any atom is -0.378 e. The summed E-state index contributed by atoms with van der Waals surface area (Å²) in [4.78, 5) is 29.6. The van der Waals surface area contributed by atoms with Crippen molar-refractivity contribution in [3.05, 3.63) is 24.3 Å². The smallest absolute Gasteiger partial charge is 0.282 e. The van der Waals surface area contributed by atoms with Crippen LogP contribution in [-0.4, -0.2) is 82.9 Å². The Morgan fingerprint density at radius 3 is 2.27 bits per heavy atom. The summed E-state index contributed by atoms with van der Waals surface area (Å²) >= 11 is 0. The summed E-state index contributed by atoms with van der Waals surface area (Å²) in [5.74, 6) is 0.153. The predicted molar refractivity (Wildman–Crippen MR) is 117 cm³/mol. The van der Waals surface area contributed by atoms with E-state index in [9.17, 15) is 9.59 Å². The van der Waals surface area contributed by atoms with Crippen LogP contribution in [-0.2, 0) is 14.3 Å². The van der Waals surface area contributed by atoms with E-state index in [2.05, 4.69) is 27.7 Å². The van der Waals surface area contributed by atoms with Gasteiger partial charge in [-0.1, -0.05) is 0 Å². The Labute approximate surface area is 179 Å². The van der Waals surface area contributed by atoms with Crippen molar-refractivity contribution >= 4 is 23.2 Å². The number of ether oxygens (including phenoxy) is 1. The minimum atomic E-state index is -0.116. The third-order valence-corrected chi connectivity index (χ3v) is 5.98. The highest BCUT2D eigenvalue weighted by Crippen LogP contribution is 2.19. The monoisotopic (exact) mass is 419 g/mol. The number of anilines is 2. The maximum Gasteiger partial charge on any atom is 0.282 e. The van der Waals surface area contributed by atoms with Gasteiger partial charge in [0.25, 0.3) is 11.8 Å². The fraction of sp³-hybridized carbons (Fsp3) is 0.636. The molecule has 0 bridgehead atoms. The molecule has 8 heteroatoms. The van der Waals surface area contributed by atoms with Crippen molar-refractivity contribution in [2.75, 3.05) is 69.2 Å². The third-order valence-electron chi connectivity index (χ3n) is 5.98. The Bertz CT molecular complexity index is 695. The molecule has 1 atom stereocenters.